The third-order valence-corrected chi connectivity index (χ3v) is 7.79. The molecule has 2 fully saturated rings. The van der Waals surface area contributed by atoms with E-state index in [1.54, 1.807) is 23.4 Å². The molecule has 1 aromatic rings. The maximum absolute atomic E-state index is 13.1. The van der Waals surface area contributed by atoms with Crippen LogP contribution in [0.15, 0.2) is 47.5 Å². The summed E-state index contributed by atoms with van der Waals surface area (Å²) in [5.41, 5.74) is -0.573. The van der Waals surface area contributed by atoms with Crippen LogP contribution < -0.4 is 4.74 Å². The molecule has 4 rings (SSSR count). The lowest BCUT2D eigenvalue weighted by atomic mass is 9.86. The van der Waals surface area contributed by atoms with Gasteiger partial charge < -0.3 is 24.6 Å². The summed E-state index contributed by atoms with van der Waals surface area (Å²) < 4.78 is 50.9. The molecule has 1 saturated heterocycles. The van der Waals surface area contributed by atoms with Crippen molar-refractivity contribution in [1.29, 1.82) is 0 Å². The van der Waals surface area contributed by atoms with E-state index in [9.17, 15) is 28.2 Å². The summed E-state index contributed by atoms with van der Waals surface area (Å²) in [5, 5.41) is 21.4. The lowest BCUT2D eigenvalue weighted by Gasteiger charge is -2.39. The molecule has 1 aromatic carbocycles. The van der Waals surface area contributed by atoms with Gasteiger partial charge in [-0.1, -0.05) is 24.3 Å². The molecule has 2 N–H and O–H groups in total. The average Bonchev–Trinajstić information content (AvgIpc) is 3.29. The molecule has 1 aliphatic carbocycles. The summed E-state index contributed by atoms with van der Waals surface area (Å²) in [6.45, 7) is -0.0374. The van der Waals surface area contributed by atoms with Gasteiger partial charge in [0.25, 0.3) is 0 Å². The van der Waals surface area contributed by atoms with E-state index in [0.717, 1.165) is 18.9 Å². The molecule has 10 heteroatoms. The summed E-state index contributed by atoms with van der Waals surface area (Å²) in [5.74, 6) is -1.27. The monoisotopic (exact) mass is 485 g/mol. The van der Waals surface area contributed by atoms with E-state index in [-0.39, 0.29) is 47.5 Å². The summed E-state index contributed by atoms with van der Waals surface area (Å²) in [6.07, 6.45) is 0.0812. The van der Waals surface area contributed by atoms with Crippen LogP contribution in [0.2, 0.25) is 0 Å². The van der Waals surface area contributed by atoms with Crippen LogP contribution in [0, 0.1) is 11.8 Å². The second kappa shape index (κ2) is 9.60. The number of aliphatic hydroxyl groups excluding tert-OH is 1. The first-order chi connectivity index (χ1) is 15.7. The molecule has 0 amide bonds. The Morgan fingerprint density at radius 3 is 2.76 bits per heavy atom. The number of nitrogens with zero attached hydrogens (tertiary/aromatic N) is 1. The number of thioether (sulfide) groups is 1. The summed E-state index contributed by atoms with van der Waals surface area (Å²) in [6, 6.07) is 5.08. The van der Waals surface area contributed by atoms with E-state index in [1.165, 1.54) is 30.0 Å². The standard InChI is InChI=1S/C23H26F3NO5S/c1-27-16(22(29)30)12-33-21(27)19-9-8-14-13(17(28)11-20(14)32-19)5-4-10-31-18-7-3-2-6-15(18)23(24,25)26/h2-7,12-14,17,19-21,28H,8-11H2,1H3,(H,29,30)/b5-4+/t13-,14-,17-,19-,20+,21?/m1/s1. The van der Waals surface area contributed by atoms with Crippen molar-refractivity contribution in [3.05, 3.63) is 53.1 Å². The van der Waals surface area contributed by atoms with Crippen molar-refractivity contribution in [3.8, 4) is 5.75 Å². The maximum Gasteiger partial charge on any atom is 0.419 e. The number of aliphatic carboxylic acids is 1. The molecule has 0 bridgehead atoms. The predicted molar refractivity (Wildman–Crippen MR) is 116 cm³/mol. The molecule has 0 aromatic heterocycles. The van der Waals surface area contributed by atoms with Crippen molar-refractivity contribution in [2.24, 2.45) is 11.8 Å². The minimum atomic E-state index is -4.49. The first kappa shape index (κ1) is 24.0. The molecule has 2 heterocycles. The first-order valence-corrected chi connectivity index (χ1v) is 11.7. The van der Waals surface area contributed by atoms with Crippen molar-refractivity contribution >= 4 is 17.7 Å². The fourth-order valence-electron chi connectivity index (χ4n) is 4.93. The normalized spacial score (nSPS) is 32.2. The summed E-state index contributed by atoms with van der Waals surface area (Å²) in [4.78, 5) is 13.0. The molecule has 180 valence electrons. The number of likely N-dealkylation sites (N-methyl/N-ethyl adjacent to an activating group) is 1. The number of rotatable bonds is 6. The molecule has 6 atom stereocenters. The molecule has 0 spiro atoms. The number of carboxylic acid groups (broad SMARTS) is 1. The van der Waals surface area contributed by atoms with Gasteiger partial charge in [-0.3, -0.25) is 0 Å². The van der Waals surface area contributed by atoms with Crippen LogP contribution in [0.1, 0.15) is 24.8 Å². The van der Waals surface area contributed by atoms with Gasteiger partial charge >= 0.3 is 12.1 Å². The number of aliphatic hydroxyl groups is 1. The van der Waals surface area contributed by atoms with Crippen LogP contribution in [-0.4, -0.2) is 58.4 Å². The number of fused-ring (bicyclic) bond motifs is 1. The second-order valence-electron chi connectivity index (χ2n) is 8.51. The Balaban J connectivity index is 1.33. The fraction of sp³-hybridized carbons (Fsp3) is 0.522. The number of alkyl halides is 3. The number of carbonyl (C=O) groups is 1. The Labute approximate surface area is 194 Å². The van der Waals surface area contributed by atoms with Gasteiger partial charge in [-0.15, -0.1) is 11.8 Å². The fourth-order valence-corrected chi connectivity index (χ4v) is 6.14. The number of para-hydroxylation sites is 1. The van der Waals surface area contributed by atoms with Gasteiger partial charge in [-0.25, -0.2) is 4.79 Å². The van der Waals surface area contributed by atoms with Crippen LogP contribution >= 0.6 is 11.8 Å². The van der Waals surface area contributed by atoms with Crippen molar-refractivity contribution < 1.29 is 37.7 Å². The molecular formula is C23H26F3NO5S. The summed E-state index contributed by atoms with van der Waals surface area (Å²) in [7, 11) is 1.74. The van der Waals surface area contributed by atoms with E-state index < -0.39 is 23.8 Å². The Hall–Kier alpha value is -2.17. The lowest BCUT2D eigenvalue weighted by Crippen LogP contribution is -2.44. The molecular weight excluding hydrogens is 459 g/mol. The summed E-state index contributed by atoms with van der Waals surface area (Å²) >= 11 is 1.43. The first-order valence-electron chi connectivity index (χ1n) is 10.8. The molecule has 1 saturated carbocycles. The Kier molecular flexibility index (Phi) is 6.97. The van der Waals surface area contributed by atoms with Gasteiger partial charge in [-0.05, 0) is 30.9 Å². The van der Waals surface area contributed by atoms with Gasteiger partial charge in [0.1, 0.15) is 23.4 Å². The van der Waals surface area contributed by atoms with Gasteiger partial charge in [0.15, 0.2) is 0 Å². The largest absolute Gasteiger partial charge is 0.489 e. The highest BCUT2D eigenvalue weighted by atomic mass is 32.2. The SMILES string of the molecule is CN1C(C(=O)O)=CSC1[C@H]1CC[C@@H]2[C@@H](/C=C/COc3ccccc3C(F)(F)F)[C@H](O)C[C@@H]2O1. The van der Waals surface area contributed by atoms with Crippen LogP contribution in [0.3, 0.4) is 0 Å². The Morgan fingerprint density at radius 1 is 1.30 bits per heavy atom. The third kappa shape index (κ3) is 5.02. The smallest absolute Gasteiger partial charge is 0.419 e. The van der Waals surface area contributed by atoms with Crippen LogP contribution in [0.5, 0.6) is 5.75 Å². The van der Waals surface area contributed by atoms with E-state index in [4.69, 9.17) is 9.47 Å². The lowest BCUT2D eigenvalue weighted by molar-refractivity contribution is -0.139. The van der Waals surface area contributed by atoms with Crippen molar-refractivity contribution in [1.82, 2.24) is 4.90 Å². The minimum absolute atomic E-state index is 0.0374. The number of benzene rings is 1. The van der Waals surface area contributed by atoms with Crippen molar-refractivity contribution in [2.45, 2.75) is 49.1 Å². The van der Waals surface area contributed by atoms with Crippen LogP contribution in [-0.2, 0) is 15.7 Å². The zero-order chi connectivity index (χ0) is 23.8. The number of halogens is 3. The molecule has 3 aliphatic rings. The molecule has 6 nitrogen and oxygen atoms in total. The minimum Gasteiger partial charge on any atom is -0.489 e. The highest BCUT2D eigenvalue weighted by Crippen LogP contribution is 2.46. The molecule has 0 radical (unpaired) electrons. The topological polar surface area (TPSA) is 79.2 Å². The van der Waals surface area contributed by atoms with Gasteiger partial charge in [0, 0.05) is 24.8 Å². The number of ether oxygens (including phenoxy) is 2. The van der Waals surface area contributed by atoms with E-state index in [0.29, 0.717) is 6.42 Å². The molecule has 2 aliphatic heterocycles. The Morgan fingerprint density at radius 2 is 2.06 bits per heavy atom. The van der Waals surface area contributed by atoms with E-state index >= 15 is 0 Å². The Bertz CT molecular complexity index is 937. The number of hydrogen-bond donors (Lipinski definition) is 2. The van der Waals surface area contributed by atoms with Crippen molar-refractivity contribution in [2.75, 3.05) is 13.7 Å². The quantitative estimate of drug-likeness (QED) is 0.587. The van der Waals surface area contributed by atoms with E-state index in [2.05, 4.69) is 0 Å². The van der Waals surface area contributed by atoms with Gasteiger partial charge in [0.2, 0.25) is 0 Å². The van der Waals surface area contributed by atoms with Gasteiger partial charge in [0.05, 0.1) is 23.9 Å². The molecule has 33 heavy (non-hydrogen) atoms. The zero-order valence-corrected chi connectivity index (χ0v) is 18.8. The maximum atomic E-state index is 13.1. The second-order valence-corrected chi connectivity index (χ2v) is 9.50. The van der Waals surface area contributed by atoms with Gasteiger partial charge in [-0.2, -0.15) is 13.2 Å². The predicted octanol–water partition coefficient (Wildman–Crippen LogP) is 4.12. The molecule has 1 unspecified atom stereocenters. The van der Waals surface area contributed by atoms with Crippen LogP contribution in [0.4, 0.5) is 13.2 Å². The number of hydrogen-bond acceptors (Lipinski definition) is 6. The average molecular weight is 486 g/mol. The van der Waals surface area contributed by atoms with Crippen LogP contribution in [0.25, 0.3) is 0 Å². The third-order valence-electron chi connectivity index (χ3n) is 6.53. The number of carboxylic acids is 1. The highest BCUT2D eigenvalue weighted by molar-refractivity contribution is 8.03. The van der Waals surface area contributed by atoms with Crippen molar-refractivity contribution in [3.63, 3.8) is 0 Å². The highest BCUT2D eigenvalue weighted by Gasteiger charge is 2.48. The zero-order valence-electron chi connectivity index (χ0n) is 17.9. The van der Waals surface area contributed by atoms with E-state index in [1.807, 2.05) is 6.08 Å².